The Hall–Kier alpha value is -4.01. The van der Waals surface area contributed by atoms with Gasteiger partial charge in [0.2, 0.25) is 0 Å². The molecule has 2 N–H and O–H groups in total. The minimum Gasteiger partial charge on any atom is -0.508 e. The average Bonchev–Trinajstić information content (AvgIpc) is 2.80. The largest absolute Gasteiger partial charge is 0.508 e. The van der Waals surface area contributed by atoms with Gasteiger partial charge in [0, 0.05) is 29.1 Å². The number of nitro benzene ring substituents is 1. The number of aromatic hydroxyl groups is 1. The predicted molar refractivity (Wildman–Crippen MR) is 125 cm³/mol. The van der Waals surface area contributed by atoms with Crippen LogP contribution in [-0.4, -0.2) is 21.6 Å². The Kier molecular flexibility index (Phi) is 7.55. The number of rotatable bonds is 9. The van der Waals surface area contributed by atoms with Gasteiger partial charge in [0.05, 0.1) is 16.2 Å². The fourth-order valence-corrected chi connectivity index (χ4v) is 3.39. The molecule has 0 aliphatic heterocycles. The highest BCUT2D eigenvalue weighted by molar-refractivity contribution is 6.02. The van der Waals surface area contributed by atoms with Crippen molar-refractivity contribution in [1.29, 1.82) is 0 Å². The average molecular weight is 451 g/mol. The lowest BCUT2D eigenvalue weighted by atomic mass is 10.0. The number of phenols is 1. The molecule has 9 nitrogen and oxygen atoms in total. The van der Waals surface area contributed by atoms with Gasteiger partial charge in [-0.2, -0.15) is 5.10 Å². The predicted octanol–water partition coefficient (Wildman–Crippen LogP) is 4.68. The number of unbranched alkanes of at least 4 members (excludes halogenated alkanes) is 3. The van der Waals surface area contributed by atoms with Crippen molar-refractivity contribution in [3.05, 3.63) is 79.7 Å². The lowest BCUT2D eigenvalue weighted by molar-refractivity contribution is -0.384. The molecule has 0 aliphatic carbocycles. The lowest BCUT2D eigenvalue weighted by Gasteiger charge is -2.08. The van der Waals surface area contributed by atoms with Gasteiger partial charge in [-0.05, 0) is 49.6 Å². The van der Waals surface area contributed by atoms with Gasteiger partial charge in [-0.1, -0.05) is 26.2 Å². The molecule has 3 aromatic rings. The zero-order chi connectivity index (χ0) is 24.0. The molecule has 0 fully saturated rings. The molecule has 0 spiro atoms. The van der Waals surface area contributed by atoms with Crippen LogP contribution in [0.4, 0.5) is 5.69 Å². The first-order chi connectivity index (χ1) is 15.8. The second kappa shape index (κ2) is 10.5. The molecule has 1 heterocycles. The third-order valence-electron chi connectivity index (χ3n) is 5.29. The van der Waals surface area contributed by atoms with Crippen LogP contribution in [-0.2, 0) is 6.42 Å². The highest BCUT2D eigenvalue weighted by atomic mass is 16.6. The monoisotopic (exact) mass is 451 g/mol. The summed E-state index contributed by atoms with van der Waals surface area (Å²) in [6, 6.07) is 9.93. The second-order valence-electron chi connectivity index (χ2n) is 7.72. The Morgan fingerprint density at radius 3 is 2.55 bits per heavy atom. The summed E-state index contributed by atoms with van der Waals surface area (Å²) < 4.78 is 5.35. The molecule has 0 saturated heterocycles. The maximum atomic E-state index is 12.4. The van der Waals surface area contributed by atoms with Gasteiger partial charge in [-0.15, -0.1) is 0 Å². The molecular formula is C24H25N3O6. The standard InChI is InChI=1S/C24H25N3O6/c1-3-4-5-6-7-17-12-18-13-20(24(30)33-22(18)14-21(17)28)15(2)25-26-23(29)16-8-10-19(11-9-16)27(31)32/h8-14,28H,3-7H2,1-2H3,(H,26,29)/b25-15-. The Morgan fingerprint density at radius 2 is 1.88 bits per heavy atom. The summed E-state index contributed by atoms with van der Waals surface area (Å²) in [7, 11) is 0. The highest BCUT2D eigenvalue weighted by Gasteiger charge is 2.13. The number of hydrazone groups is 1. The zero-order valence-corrected chi connectivity index (χ0v) is 18.5. The molecular weight excluding hydrogens is 426 g/mol. The fraction of sp³-hybridized carbons (Fsp3) is 0.292. The first-order valence-corrected chi connectivity index (χ1v) is 10.7. The van der Waals surface area contributed by atoms with E-state index in [1.54, 1.807) is 19.1 Å². The SMILES string of the molecule is CCCCCCc1cc2cc(/C(C)=N\NC(=O)c3ccc([N+](=O)[O-])cc3)c(=O)oc2cc1O. The van der Waals surface area contributed by atoms with E-state index in [0.29, 0.717) is 11.8 Å². The van der Waals surface area contributed by atoms with Crippen LogP contribution in [0.5, 0.6) is 5.75 Å². The number of nitro groups is 1. The maximum Gasteiger partial charge on any atom is 0.345 e. The minimum atomic E-state index is -0.650. The zero-order valence-electron chi connectivity index (χ0n) is 18.5. The molecule has 33 heavy (non-hydrogen) atoms. The smallest absolute Gasteiger partial charge is 0.345 e. The van der Waals surface area contributed by atoms with Gasteiger partial charge in [-0.25, -0.2) is 10.2 Å². The molecule has 0 bridgehead atoms. The number of benzene rings is 2. The molecule has 0 saturated carbocycles. The quantitative estimate of drug-likeness (QED) is 0.159. The van der Waals surface area contributed by atoms with Crippen molar-refractivity contribution in [3.8, 4) is 5.75 Å². The number of nitrogens with zero attached hydrogens (tertiary/aromatic N) is 2. The number of phenolic OH excluding ortho intramolecular Hbond substituents is 1. The van der Waals surface area contributed by atoms with Gasteiger partial charge in [0.1, 0.15) is 11.3 Å². The van der Waals surface area contributed by atoms with Gasteiger partial charge in [0.25, 0.3) is 11.6 Å². The van der Waals surface area contributed by atoms with Gasteiger partial charge < -0.3 is 9.52 Å². The van der Waals surface area contributed by atoms with E-state index in [0.717, 1.165) is 31.2 Å². The molecule has 2 aromatic carbocycles. The Balaban J connectivity index is 1.80. The van der Waals surface area contributed by atoms with E-state index in [9.17, 15) is 24.8 Å². The van der Waals surface area contributed by atoms with E-state index in [1.165, 1.54) is 30.3 Å². The van der Waals surface area contributed by atoms with Crippen LogP contribution in [0.3, 0.4) is 0 Å². The molecule has 172 valence electrons. The van der Waals surface area contributed by atoms with Crippen molar-refractivity contribution in [2.75, 3.05) is 0 Å². The fourth-order valence-electron chi connectivity index (χ4n) is 3.39. The van der Waals surface area contributed by atoms with Crippen molar-refractivity contribution in [2.24, 2.45) is 5.10 Å². The number of nitrogens with one attached hydrogen (secondary N) is 1. The van der Waals surface area contributed by atoms with Crippen LogP contribution in [0.15, 0.2) is 56.8 Å². The van der Waals surface area contributed by atoms with Gasteiger partial charge >= 0.3 is 5.63 Å². The Labute approximate surface area is 189 Å². The normalized spacial score (nSPS) is 11.5. The molecule has 3 rings (SSSR count). The van der Waals surface area contributed by atoms with Crippen molar-refractivity contribution < 1.29 is 19.2 Å². The van der Waals surface area contributed by atoms with E-state index in [2.05, 4.69) is 17.5 Å². The number of amides is 1. The van der Waals surface area contributed by atoms with Crippen molar-refractivity contribution in [3.63, 3.8) is 0 Å². The molecule has 0 unspecified atom stereocenters. The van der Waals surface area contributed by atoms with Crippen LogP contribution in [0, 0.1) is 10.1 Å². The van der Waals surface area contributed by atoms with E-state index < -0.39 is 16.5 Å². The van der Waals surface area contributed by atoms with Crippen LogP contribution in [0.25, 0.3) is 11.0 Å². The number of carbonyl (C=O) groups is 1. The van der Waals surface area contributed by atoms with E-state index >= 15 is 0 Å². The van der Waals surface area contributed by atoms with Crippen molar-refractivity contribution in [2.45, 2.75) is 46.0 Å². The number of hydrogen-bond donors (Lipinski definition) is 2. The topological polar surface area (TPSA) is 135 Å². The maximum absolute atomic E-state index is 12.4. The molecule has 0 radical (unpaired) electrons. The van der Waals surface area contributed by atoms with Crippen LogP contribution in [0.1, 0.15) is 61.0 Å². The van der Waals surface area contributed by atoms with Gasteiger partial charge in [0.15, 0.2) is 0 Å². The van der Waals surface area contributed by atoms with Crippen LogP contribution < -0.4 is 11.1 Å². The first kappa shape index (κ1) is 23.6. The van der Waals surface area contributed by atoms with Crippen LogP contribution in [0.2, 0.25) is 0 Å². The van der Waals surface area contributed by atoms with Crippen LogP contribution >= 0.6 is 0 Å². The molecule has 0 aliphatic rings. The van der Waals surface area contributed by atoms with E-state index in [4.69, 9.17) is 4.42 Å². The minimum absolute atomic E-state index is 0.0932. The summed E-state index contributed by atoms with van der Waals surface area (Å²) >= 11 is 0. The van der Waals surface area contributed by atoms with E-state index in [1.807, 2.05) is 0 Å². The lowest BCUT2D eigenvalue weighted by Crippen LogP contribution is -2.21. The van der Waals surface area contributed by atoms with Crippen molar-refractivity contribution in [1.82, 2.24) is 5.43 Å². The number of fused-ring (bicyclic) bond motifs is 1. The third kappa shape index (κ3) is 5.82. The molecule has 1 aromatic heterocycles. The molecule has 0 atom stereocenters. The first-order valence-electron chi connectivity index (χ1n) is 10.7. The third-order valence-corrected chi connectivity index (χ3v) is 5.29. The van der Waals surface area contributed by atoms with E-state index in [-0.39, 0.29) is 33.9 Å². The van der Waals surface area contributed by atoms with Crippen molar-refractivity contribution >= 4 is 28.3 Å². The highest BCUT2D eigenvalue weighted by Crippen LogP contribution is 2.26. The molecule has 9 heteroatoms. The number of non-ortho nitro benzene ring substituents is 1. The summed E-state index contributed by atoms with van der Waals surface area (Å²) in [5, 5.41) is 25.6. The summed E-state index contributed by atoms with van der Waals surface area (Å²) in [5.74, 6) is -0.482. The Bertz CT molecular complexity index is 1260. The number of hydrogen-bond acceptors (Lipinski definition) is 7. The summed E-state index contributed by atoms with van der Waals surface area (Å²) in [4.78, 5) is 34.9. The second-order valence-corrected chi connectivity index (χ2v) is 7.72. The molecule has 1 amide bonds. The summed E-state index contributed by atoms with van der Waals surface area (Å²) in [6.45, 7) is 3.69. The summed E-state index contributed by atoms with van der Waals surface area (Å²) in [6.07, 6.45) is 5.00. The number of aryl methyl sites for hydroxylation is 1. The van der Waals surface area contributed by atoms with Gasteiger partial charge in [-0.3, -0.25) is 14.9 Å². The Morgan fingerprint density at radius 1 is 1.15 bits per heavy atom. The summed E-state index contributed by atoms with van der Waals surface area (Å²) in [5.41, 5.74) is 3.20. The number of carbonyl (C=O) groups excluding carboxylic acids is 1.